The molecule has 0 radical (unpaired) electrons. The molecule has 0 unspecified atom stereocenters. The summed E-state index contributed by atoms with van der Waals surface area (Å²) in [7, 11) is 0. The summed E-state index contributed by atoms with van der Waals surface area (Å²) >= 11 is 0. The maximum Gasteiger partial charge on any atom is 0.419 e. The molecule has 2 heterocycles. The molecule has 0 saturated heterocycles. The molecule has 0 spiro atoms. The molecule has 37 heavy (non-hydrogen) atoms. The van der Waals surface area contributed by atoms with Gasteiger partial charge in [0.1, 0.15) is 23.6 Å². The van der Waals surface area contributed by atoms with E-state index in [4.69, 9.17) is 9.47 Å². The van der Waals surface area contributed by atoms with Crippen molar-refractivity contribution < 1.29 is 19.5 Å². The predicted octanol–water partition coefficient (Wildman–Crippen LogP) is 5.59. The van der Waals surface area contributed by atoms with Crippen molar-refractivity contribution in [3.8, 4) is 5.88 Å². The van der Waals surface area contributed by atoms with Gasteiger partial charge in [0.25, 0.3) is 0 Å². The van der Waals surface area contributed by atoms with Gasteiger partial charge in [0.2, 0.25) is 5.88 Å². The van der Waals surface area contributed by atoms with Crippen LogP contribution in [0.15, 0.2) is 65.6 Å². The monoisotopic (exact) mass is 503 g/mol. The third-order valence-electron chi connectivity index (χ3n) is 5.74. The van der Waals surface area contributed by atoms with Crippen LogP contribution in [0.25, 0.3) is 10.9 Å². The van der Waals surface area contributed by atoms with Crippen LogP contribution in [0.5, 0.6) is 5.88 Å². The lowest BCUT2D eigenvalue weighted by atomic mass is 10.1. The van der Waals surface area contributed by atoms with E-state index in [1.54, 1.807) is 27.0 Å². The molecule has 0 aliphatic rings. The second-order valence-electron chi connectivity index (χ2n) is 10.5. The van der Waals surface area contributed by atoms with Gasteiger partial charge in [0.05, 0.1) is 5.52 Å². The molecule has 194 valence electrons. The third-order valence-corrected chi connectivity index (χ3v) is 5.74. The van der Waals surface area contributed by atoms with Crippen LogP contribution in [-0.2, 0) is 24.2 Å². The SMILES string of the molecule is CC(C)Cc1c(OCc2ccccc2)nc(Cc2cn(C(=O)OC(C)(C)C)c3ccccc23)c(=O)n1O. The number of aromatic nitrogens is 3. The van der Waals surface area contributed by atoms with E-state index in [2.05, 4.69) is 4.98 Å². The molecular formula is C29H33N3O5. The highest BCUT2D eigenvalue weighted by molar-refractivity contribution is 5.92. The normalized spacial score (nSPS) is 11.7. The largest absolute Gasteiger partial charge is 0.471 e. The minimum absolute atomic E-state index is 0.0966. The van der Waals surface area contributed by atoms with Gasteiger partial charge in [-0.15, -0.1) is 4.73 Å². The molecule has 0 aliphatic carbocycles. The summed E-state index contributed by atoms with van der Waals surface area (Å²) in [5.74, 6) is 0.377. The number of carbonyl (C=O) groups is 1. The highest BCUT2D eigenvalue weighted by atomic mass is 16.6. The first kappa shape index (κ1) is 26.0. The second kappa shape index (κ2) is 10.5. The van der Waals surface area contributed by atoms with Crippen LogP contribution in [0, 0.1) is 5.92 Å². The van der Waals surface area contributed by atoms with Gasteiger partial charge in [-0.2, -0.15) is 0 Å². The van der Waals surface area contributed by atoms with Crippen LogP contribution < -0.4 is 10.3 Å². The van der Waals surface area contributed by atoms with Crippen LogP contribution in [0.1, 0.15) is 57.1 Å². The molecule has 8 nitrogen and oxygen atoms in total. The molecule has 0 amide bonds. The molecule has 0 atom stereocenters. The van der Waals surface area contributed by atoms with Gasteiger partial charge in [-0.3, -0.25) is 9.36 Å². The Morgan fingerprint density at radius 2 is 1.73 bits per heavy atom. The minimum Gasteiger partial charge on any atom is -0.471 e. The van der Waals surface area contributed by atoms with Crippen molar-refractivity contribution in [2.24, 2.45) is 5.92 Å². The van der Waals surface area contributed by atoms with E-state index in [1.165, 1.54) is 4.57 Å². The number of carbonyl (C=O) groups excluding carboxylic acids is 1. The van der Waals surface area contributed by atoms with Gasteiger partial charge in [-0.1, -0.05) is 62.4 Å². The fourth-order valence-electron chi connectivity index (χ4n) is 4.12. The third kappa shape index (κ3) is 6.02. The molecule has 0 saturated carbocycles. The highest BCUT2D eigenvalue weighted by Gasteiger charge is 2.23. The Labute approximate surface area is 216 Å². The zero-order valence-electron chi connectivity index (χ0n) is 21.9. The second-order valence-corrected chi connectivity index (χ2v) is 10.5. The summed E-state index contributed by atoms with van der Waals surface area (Å²) in [6.45, 7) is 9.65. The molecule has 2 aromatic carbocycles. The summed E-state index contributed by atoms with van der Waals surface area (Å²) in [5.41, 5.74) is 1.48. The number of nitrogens with zero attached hydrogens (tertiary/aromatic N) is 3. The average molecular weight is 504 g/mol. The zero-order valence-corrected chi connectivity index (χ0v) is 21.9. The lowest BCUT2D eigenvalue weighted by Gasteiger charge is -2.19. The number of fused-ring (bicyclic) bond motifs is 1. The standard InChI is InChI=1S/C29H33N3O5/c1-19(2)15-25-26(36-18-20-11-7-6-8-12-20)30-23(27(33)32(25)35)16-21-17-31(28(34)37-29(3,4)5)24-14-10-9-13-22(21)24/h6-14,17,19,35H,15-16,18H2,1-5H3. The molecule has 0 aliphatic heterocycles. The maximum atomic E-state index is 13.2. The number of hydrogen-bond donors (Lipinski definition) is 1. The van der Waals surface area contributed by atoms with Crippen LogP contribution in [0.2, 0.25) is 0 Å². The molecule has 0 fully saturated rings. The lowest BCUT2D eigenvalue weighted by molar-refractivity contribution is 0.0544. The van der Waals surface area contributed by atoms with Crippen LogP contribution in [-0.4, -0.2) is 31.2 Å². The first-order valence-corrected chi connectivity index (χ1v) is 12.4. The quantitative estimate of drug-likeness (QED) is 0.331. The number of rotatable bonds is 7. The molecular weight excluding hydrogens is 470 g/mol. The summed E-state index contributed by atoms with van der Waals surface area (Å²) in [6, 6.07) is 17.0. The van der Waals surface area contributed by atoms with Crippen molar-refractivity contribution in [3.63, 3.8) is 0 Å². The van der Waals surface area contributed by atoms with Gasteiger partial charge in [-0.25, -0.2) is 9.78 Å². The number of hydrogen-bond acceptors (Lipinski definition) is 6. The van der Waals surface area contributed by atoms with E-state index in [-0.39, 0.29) is 30.5 Å². The highest BCUT2D eigenvalue weighted by Crippen LogP contribution is 2.26. The Morgan fingerprint density at radius 1 is 1.05 bits per heavy atom. The fourth-order valence-corrected chi connectivity index (χ4v) is 4.12. The Bertz CT molecular complexity index is 1460. The fraction of sp³-hybridized carbons (Fsp3) is 0.345. The minimum atomic E-state index is -0.661. The summed E-state index contributed by atoms with van der Waals surface area (Å²) in [6.07, 6.45) is 1.66. The first-order chi connectivity index (χ1) is 17.5. The Hall–Kier alpha value is -4.07. The predicted molar refractivity (Wildman–Crippen MR) is 141 cm³/mol. The van der Waals surface area contributed by atoms with Crippen LogP contribution in [0.4, 0.5) is 4.79 Å². The van der Waals surface area contributed by atoms with Crippen molar-refractivity contribution in [3.05, 3.63) is 93.7 Å². The Kier molecular flexibility index (Phi) is 7.38. The summed E-state index contributed by atoms with van der Waals surface area (Å²) < 4.78 is 13.7. The Balaban J connectivity index is 1.74. The van der Waals surface area contributed by atoms with E-state index >= 15 is 0 Å². The zero-order chi connectivity index (χ0) is 26.7. The number of benzene rings is 2. The van der Waals surface area contributed by atoms with E-state index < -0.39 is 17.3 Å². The molecule has 8 heteroatoms. The molecule has 4 aromatic rings. The smallest absolute Gasteiger partial charge is 0.419 e. The molecule has 4 rings (SSSR count). The van der Waals surface area contributed by atoms with E-state index in [0.717, 1.165) is 10.9 Å². The van der Waals surface area contributed by atoms with Gasteiger partial charge in [-0.05, 0) is 50.3 Å². The van der Waals surface area contributed by atoms with Crippen molar-refractivity contribution in [2.75, 3.05) is 0 Å². The first-order valence-electron chi connectivity index (χ1n) is 12.4. The number of para-hydroxylation sites is 1. The van der Waals surface area contributed by atoms with Gasteiger partial charge < -0.3 is 14.7 Å². The molecule has 0 bridgehead atoms. The maximum absolute atomic E-state index is 13.2. The van der Waals surface area contributed by atoms with Crippen molar-refractivity contribution >= 4 is 17.0 Å². The van der Waals surface area contributed by atoms with Crippen molar-refractivity contribution in [1.29, 1.82) is 0 Å². The van der Waals surface area contributed by atoms with Crippen LogP contribution in [0.3, 0.4) is 0 Å². The van der Waals surface area contributed by atoms with Gasteiger partial charge >= 0.3 is 11.7 Å². The van der Waals surface area contributed by atoms with E-state index in [1.807, 2.05) is 68.4 Å². The average Bonchev–Trinajstić information content (AvgIpc) is 3.21. The van der Waals surface area contributed by atoms with Crippen LogP contribution >= 0.6 is 0 Å². The lowest BCUT2D eigenvalue weighted by Crippen LogP contribution is -2.28. The van der Waals surface area contributed by atoms with Gasteiger partial charge in [0.15, 0.2) is 0 Å². The topological polar surface area (TPSA) is 95.6 Å². The summed E-state index contributed by atoms with van der Waals surface area (Å²) in [5, 5.41) is 11.6. The molecule has 1 N–H and O–H groups in total. The number of ether oxygens (including phenoxy) is 2. The van der Waals surface area contributed by atoms with E-state index in [9.17, 15) is 14.8 Å². The van der Waals surface area contributed by atoms with Crippen molar-refractivity contribution in [1.82, 2.24) is 14.3 Å². The van der Waals surface area contributed by atoms with Crippen molar-refractivity contribution in [2.45, 2.75) is 59.7 Å². The Morgan fingerprint density at radius 3 is 2.41 bits per heavy atom. The van der Waals surface area contributed by atoms with Gasteiger partial charge in [0, 0.05) is 18.0 Å². The van der Waals surface area contributed by atoms with E-state index in [0.29, 0.717) is 27.9 Å². The summed E-state index contributed by atoms with van der Waals surface area (Å²) in [4.78, 5) is 30.6. The molecule has 2 aromatic heterocycles.